The van der Waals surface area contributed by atoms with E-state index >= 15 is 0 Å². The number of nitrogens with zero attached hydrogens (tertiary/aromatic N) is 3. The summed E-state index contributed by atoms with van der Waals surface area (Å²) in [7, 11) is 3.28. The first-order chi connectivity index (χ1) is 16.2. The summed E-state index contributed by atoms with van der Waals surface area (Å²) in [6, 6.07) is 6.84. The lowest BCUT2D eigenvalue weighted by Crippen LogP contribution is -2.22. The number of aryl methyl sites for hydroxylation is 2. The van der Waals surface area contributed by atoms with Crippen LogP contribution in [0.3, 0.4) is 0 Å². The predicted octanol–water partition coefficient (Wildman–Crippen LogP) is 4.44. The van der Waals surface area contributed by atoms with Crippen LogP contribution in [0.1, 0.15) is 47.3 Å². The third kappa shape index (κ3) is 4.43. The molecule has 10 heteroatoms. The van der Waals surface area contributed by atoms with E-state index in [1.165, 1.54) is 4.90 Å². The van der Waals surface area contributed by atoms with Crippen molar-refractivity contribution in [2.24, 2.45) is 5.92 Å². The molecule has 0 saturated carbocycles. The summed E-state index contributed by atoms with van der Waals surface area (Å²) in [6.45, 7) is 8.67. The van der Waals surface area contributed by atoms with Crippen molar-refractivity contribution in [2.45, 2.75) is 33.7 Å². The van der Waals surface area contributed by atoms with E-state index in [2.05, 4.69) is 40.1 Å². The summed E-state index contributed by atoms with van der Waals surface area (Å²) in [5, 5.41) is 23.7. The summed E-state index contributed by atoms with van der Waals surface area (Å²) >= 11 is 0. The zero-order chi connectivity index (χ0) is 24.6. The number of benzene rings is 1. The molecule has 0 unspecified atom stereocenters. The maximum atomic E-state index is 12.5. The summed E-state index contributed by atoms with van der Waals surface area (Å²) in [4.78, 5) is 23.3. The lowest BCUT2D eigenvalue weighted by Gasteiger charge is -2.23. The van der Waals surface area contributed by atoms with Crippen LogP contribution >= 0.6 is 0 Å². The van der Waals surface area contributed by atoms with E-state index in [1.807, 2.05) is 19.9 Å². The number of carbonyl (C=O) groups excluding carboxylic acids is 1. The zero-order valence-electron chi connectivity index (χ0n) is 20.3. The minimum Gasteiger partial charge on any atom is -0.505 e. The number of hydrogen-bond donors (Lipinski definition) is 5. The molecule has 4 rings (SSSR count). The number of amides is 1. The predicted molar refractivity (Wildman–Crippen MR) is 133 cm³/mol. The lowest BCUT2D eigenvalue weighted by atomic mass is 10.0. The van der Waals surface area contributed by atoms with Gasteiger partial charge in [-0.15, -0.1) is 0 Å². The number of anilines is 5. The Morgan fingerprint density at radius 2 is 1.82 bits per heavy atom. The quantitative estimate of drug-likeness (QED) is 0.322. The molecule has 3 heterocycles. The van der Waals surface area contributed by atoms with Crippen LogP contribution in [-0.4, -0.2) is 46.6 Å². The average Bonchev–Trinajstić information content (AvgIpc) is 3.37. The van der Waals surface area contributed by atoms with Gasteiger partial charge in [0.2, 0.25) is 0 Å². The van der Waals surface area contributed by atoms with Gasteiger partial charge in [-0.1, -0.05) is 19.9 Å². The number of phenols is 1. The maximum absolute atomic E-state index is 12.5. The van der Waals surface area contributed by atoms with Gasteiger partial charge in [0.1, 0.15) is 11.5 Å². The van der Waals surface area contributed by atoms with Crippen LogP contribution < -0.4 is 21.3 Å². The van der Waals surface area contributed by atoms with Crippen molar-refractivity contribution in [1.29, 1.82) is 0 Å². The SMILES string of the molecule is Cc1cc([C@H](Nc2nc3c(nc2Nc2cccc(C(=O)N(C)C)c2O)NCN3)C(C)C)oc1C. The van der Waals surface area contributed by atoms with Crippen molar-refractivity contribution < 1.29 is 14.3 Å². The molecule has 5 N–H and O–H groups in total. The Kier molecular flexibility index (Phi) is 6.23. The third-order valence-electron chi connectivity index (χ3n) is 5.78. The zero-order valence-corrected chi connectivity index (χ0v) is 20.3. The monoisotopic (exact) mass is 465 g/mol. The van der Waals surface area contributed by atoms with Crippen molar-refractivity contribution in [3.8, 4) is 5.75 Å². The Morgan fingerprint density at radius 1 is 1.15 bits per heavy atom. The van der Waals surface area contributed by atoms with E-state index in [0.29, 0.717) is 35.6 Å². The number of phenolic OH excluding ortho intramolecular Hbond substituents is 1. The Bertz CT molecular complexity index is 1200. The van der Waals surface area contributed by atoms with E-state index in [4.69, 9.17) is 9.40 Å². The van der Waals surface area contributed by atoms with Crippen LogP contribution in [0.5, 0.6) is 5.75 Å². The van der Waals surface area contributed by atoms with Gasteiger partial charge in [-0.2, -0.15) is 0 Å². The Morgan fingerprint density at radius 3 is 2.41 bits per heavy atom. The van der Waals surface area contributed by atoms with Gasteiger partial charge in [-0.05, 0) is 43.5 Å². The van der Waals surface area contributed by atoms with Gasteiger partial charge in [0.05, 0.1) is 24.0 Å². The number of rotatable bonds is 7. The molecule has 1 amide bonds. The second-order valence-corrected chi connectivity index (χ2v) is 8.93. The van der Waals surface area contributed by atoms with Crippen LogP contribution in [0.15, 0.2) is 28.7 Å². The van der Waals surface area contributed by atoms with Crippen LogP contribution in [0.2, 0.25) is 0 Å². The molecule has 3 aromatic rings. The molecule has 1 aromatic carbocycles. The fourth-order valence-corrected chi connectivity index (χ4v) is 3.74. The van der Waals surface area contributed by atoms with Crippen molar-refractivity contribution in [3.63, 3.8) is 0 Å². The number of para-hydroxylation sites is 1. The average molecular weight is 466 g/mol. The fraction of sp³-hybridized carbons (Fsp3) is 0.375. The third-order valence-corrected chi connectivity index (χ3v) is 5.78. The number of furan rings is 1. The molecule has 10 nitrogen and oxygen atoms in total. The molecule has 0 radical (unpaired) electrons. The smallest absolute Gasteiger partial charge is 0.257 e. The van der Waals surface area contributed by atoms with Gasteiger partial charge in [0, 0.05) is 14.1 Å². The van der Waals surface area contributed by atoms with Gasteiger partial charge in [0.15, 0.2) is 29.0 Å². The second-order valence-electron chi connectivity index (χ2n) is 8.93. The van der Waals surface area contributed by atoms with E-state index in [-0.39, 0.29) is 29.2 Å². The summed E-state index contributed by atoms with van der Waals surface area (Å²) in [5.41, 5.74) is 1.63. The van der Waals surface area contributed by atoms with Crippen molar-refractivity contribution >= 4 is 34.9 Å². The Labute approximate surface area is 198 Å². The largest absolute Gasteiger partial charge is 0.505 e. The molecular weight excluding hydrogens is 434 g/mol. The van der Waals surface area contributed by atoms with E-state index < -0.39 is 0 Å². The first-order valence-corrected chi connectivity index (χ1v) is 11.2. The van der Waals surface area contributed by atoms with Gasteiger partial charge in [-0.25, -0.2) is 9.97 Å². The number of aromatic hydroxyl groups is 1. The second kappa shape index (κ2) is 9.12. The van der Waals surface area contributed by atoms with E-state index in [9.17, 15) is 9.90 Å². The number of carbonyl (C=O) groups is 1. The molecule has 1 aliphatic rings. The lowest BCUT2D eigenvalue weighted by molar-refractivity contribution is 0.0824. The summed E-state index contributed by atoms with van der Waals surface area (Å²) < 4.78 is 6.00. The Balaban J connectivity index is 1.73. The summed E-state index contributed by atoms with van der Waals surface area (Å²) in [5.74, 6) is 3.54. The molecule has 0 bridgehead atoms. The van der Waals surface area contributed by atoms with Crippen LogP contribution in [0.4, 0.5) is 29.0 Å². The molecule has 0 spiro atoms. The van der Waals surface area contributed by atoms with Crippen LogP contribution in [0, 0.1) is 19.8 Å². The van der Waals surface area contributed by atoms with Crippen molar-refractivity contribution in [3.05, 3.63) is 46.9 Å². The highest BCUT2D eigenvalue weighted by atomic mass is 16.3. The minimum absolute atomic E-state index is 0.154. The van der Waals surface area contributed by atoms with Crippen LogP contribution in [0.25, 0.3) is 0 Å². The number of nitrogens with one attached hydrogen (secondary N) is 4. The normalized spacial score (nSPS) is 13.1. The highest BCUT2D eigenvalue weighted by molar-refractivity contribution is 5.98. The van der Waals surface area contributed by atoms with Gasteiger partial charge >= 0.3 is 0 Å². The number of aromatic nitrogens is 2. The first kappa shape index (κ1) is 23.2. The van der Waals surface area contributed by atoms with Crippen LogP contribution in [-0.2, 0) is 0 Å². The molecular formula is C24H31N7O3. The number of fused-ring (bicyclic) bond motifs is 1. The highest BCUT2D eigenvalue weighted by Crippen LogP contribution is 2.37. The van der Waals surface area contributed by atoms with Gasteiger partial charge < -0.3 is 35.7 Å². The van der Waals surface area contributed by atoms with Crippen molar-refractivity contribution in [1.82, 2.24) is 14.9 Å². The topological polar surface area (TPSA) is 128 Å². The maximum Gasteiger partial charge on any atom is 0.257 e. The van der Waals surface area contributed by atoms with E-state index in [0.717, 1.165) is 17.1 Å². The molecule has 34 heavy (non-hydrogen) atoms. The standard InChI is InChI=1S/C24H31N7O3/c1-12(2)18(17-10-13(3)14(4)34-17)28-23-22(29-20-21(30-23)26-11-25-20)27-16-9-7-8-15(19(16)32)24(33)31(5)6/h7-10,12,18,32H,11H2,1-6H3,(H2,25,27,29)(H2,26,28,30)/t18-/m1/s1. The molecule has 0 fully saturated rings. The molecule has 1 atom stereocenters. The molecule has 1 aliphatic heterocycles. The Hall–Kier alpha value is -3.95. The summed E-state index contributed by atoms with van der Waals surface area (Å²) in [6.07, 6.45) is 0. The minimum atomic E-state index is -0.297. The highest BCUT2D eigenvalue weighted by Gasteiger charge is 2.26. The molecule has 2 aromatic heterocycles. The molecule has 180 valence electrons. The van der Waals surface area contributed by atoms with Gasteiger partial charge in [-0.3, -0.25) is 4.79 Å². The van der Waals surface area contributed by atoms with Gasteiger partial charge in [0.25, 0.3) is 5.91 Å². The molecule has 0 aliphatic carbocycles. The van der Waals surface area contributed by atoms with Crippen molar-refractivity contribution in [2.75, 3.05) is 42.0 Å². The van der Waals surface area contributed by atoms with E-state index in [1.54, 1.807) is 32.3 Å². The fourth-order valence-electron chi connectivity index (χ4n) is 3.74. The first-order valence-electron chi connectivity index (χ1n) is 11.2. The molecule has 0 saturated heterocycles. The number of hydrogen-bond acceptors (Lipinski definition) is 9.